The van der Waals surface area contributed by atoms with Crippen molar-refractivity contribution in [2.75, 3.05) is 13.2 Å². The Kier molecular flexibility index (Phi) is 7.44. The monoisotopic (exact) mass is 543 g/mol. The smallest absolute Gasteiger partial charge is 0.287 e. The van der Waals surface area contributed by atoms with Crippen LogP contribution in [-0.2, 0) is 23.9 Å². The third-order valence-corrected chi connectivity index (χ3v) is 10.1. The lowest BCUT2D eigenvalue weighted by molar-refractivity contribution is -0.144. The van der Waals surface area contributed by atoms with Crippen LogP contribution in [0.5, 0.6) is 0 Å². The van der Waals surface area contributed by atoms with Gasteiger partial charge in [0.25, 0.3) is 11.9 Å². The van der Waals surface area contributed by atoms with Gasteiger partial charge in [-0.3, -0.25) is 19.2 Å². The number of nitrogens with one attached hydrogen (secondary N) is 2. The maximum absolute atomic E-state index is 14.3. The first kappa shape index (κ1) is 27.9. The minimum absolute atomic E-state index is 0.000457. The number of carbonyl (C=O) groups is 4. The van der Waals surface area contributed by atoms with E-state index in [0.29, 0.717) is 31.5 Å². The number of hydrogen-bond donors (Lipinski definition) is 3. The molecule has 0 aromatic heterocycles. The minimum Gasteiger partial charge on any atom is -0.463 e. The van der Waals surface area contributed by atoms with E-state index in [-0.39, 0.29) is 40.5 Å². The van der Waals surface area contributed by atoms with E-state index in [9.17, 15) is 19.2 Å². The minimum atomic E-state index is -1.04. The zero-order valence-electron chi connectivity index (χ0n) is 23.8. The fraction of sp³-hybridized carbons (Fsp3) is 0.828. The second kappa shape index (κ2) is 10.4. The fourth-order valence-corrected chi connectivity index (χ4v) is 7.35. The molecule has 4 fully saturated rings. The molecular weight excluding hydrogens is 498 g/mol. The van der Waals surface area contributed by atoms with Gasteiger partial charge in [0.05, 0.1) is 11.6 Å². The molecule has 2 unspecified atom stereocenters. The maximum Gasteiger partial charge on any atom is 0.287 e. The van der Waals surface area contributed by atoms with Crippen molar-refractivity contribution in [2.45, 2.75) is 109 Å². The van der Waals surface area contributed by atoms with Gasteiger partial charge in [-0.2, -0.15) is 0 Å². The molecule has 216 valence electrons. The molecule has 3 aliphatic carbocycles. The van der Waals surface area contributed by atoms with Crippen LogP contribution in [0.3, 0.4) is 0 Å². The summed E-state index contributed by atoms with van der Waals surface area (Å²) in [6.45, 7) is 9.18. The van der Waals surface area contributed by atoms with E-state index in [1.165, 1.54) is 0 Å². The third kappa shape index (κ3) is 5.53. The Balaban J connectivity index is 1.37. The Labute approximate surface area is 231 Å². The van der Waals surface area contributed by atoms with Gasteiger partial charge in [-0.25, -0.2) is 4.99 Å². The van der Waals surface area contributed by atoms with Crippen LogP contribution in [0.25, 0.3) is 0 Å². The molecular formula is C29H45N5O5. The normalized spacial score (nSPS) is 30.7. The van der Waals surface area contributed by atoms with Crippen LogP contribution in [0, 0.1) is 29.1 Å². The van der Waals surface area contributed by atoms with Gasteiger partial charge >= 0.3 is 0 Å². The van der Waals surface area contributed by atoms with Gasteiger partial charge in [-0.1, -0.05) is 52.4 Å². The number of fused-ring (bicyclic) bond motifs is 1. The van der Waals surface area contributed by atoms with Crippen molar-refractivity contribution in [3.8, 4) is 0 Å². The van der Waals surface area contributed by atoms with Gasteiger partial charge in [0.1, 0.15) is 18.7 Å². The number of rotatable bonds is 9. The van der Waals surface area contributed by atoms with E-state index >= 15 is 0 Å². The van der Waals surface area contributed by atoms with E-state index in [4.69, 9.17) is 10.5 Å². The van der Waals surface area contributed by atoms with E-state index in [2.05, 4.69) is 29.5 Å². The van der Waals surface area contributed by atoms with Crippen LogP contribution >= 0.6 is 0 Å². The predicted molar refractivity (Wildman–Crippen MR) is 145 cm³/mol. The van der Waals surface area contributed by atoms with Gasteiger partial charge in [0, 0.05) is 6.54 Å². The van der Waals surface area contributed by atoms with Crippen LogP contribution in [0.15, 0.2) is 4.99 Å². The van der Waals surface area contributed by atoms with Gasteiger partial charge in [-0.15, -0.1) is 0 Å². The number of nitrogens with two attached hydrogens (primary N) is 1. The van der Waals surface area contributed by atoms with Crippen molar-refractivity contribution in [2.24, 2.45) is 39.8 Å². The molecule has 10 heteroatoms. The van der Waals surface area contributed by atoms with Crippen molar-refractivity contribution in [3.05, 3.63) is 0 Å². The number of piperidine rings is 1. The Morgan fingerprint density at radius 3 is 2.31 bits per heavy atom. The van der Waals surface area contributed by atoms with Crippen molar-refractivity contribution in [1.29, 1.82) is 0 Å². The summed E-state index contributed by atoms with van der Waals surface area (Å²) < 4.78 is 5.80. The standard InChI is InChI=1S/C29H45N5O5/c1-28(2)15-39-27(33-28)32-21(17-11-6-5-7-12-17)26(38)34-14-18-20(29(18,3)4)22(34)25(37)31-19(23(35)24(30)36)13-16-9-8-10-16/h16-22H,5-15H2,1-4H3,(H2,30,36)(H,31,37)(H,32,33)/t18-,19?,20?,21-,22-/m0/s1. The van der Waals surface area contributed by atoms with Crippen LogP contribution < -0.4 is 16.4 Å². The lowest BCUT2D eigenvalue weighted by Gasteiger charge is -2.37. The van der Waals surface area contributed by atoms with Crippen molar-refractivity contribution >= 4 is 29.5 Å². The highest BCUT2D eigenvalue weighted by Crippen LogP contribution is 2.65. The molecule has 5 rings (SSSR count). The molecule has 0 spiro atoms. The average Bonchev–Trinajstić information content (AvgIpc) is 3.19. The largest absolute Gasteiger partial charge is 0.463 e. The molecule has 1 saturated heterocycles. The van der Waals surface area contributed by atoms with Gasteiger partial charge in [0.2, 0.25) is 17.6 Å². The van der Waals surface area contributed by atoms with Gasteiger partial charge in [0.15, 0.2) is 0 Å². The molecule has 5 atom stereocenters. The summed E-state index contributed by atoms with van der Waals surface area (Å²) in [7, 11) is 0. The van der Waals surface area contributed by atoms with Crippen molar-refractivity contribution in [1.82, 2.24) is 15.5 Å². The summed E-state index contributed by atoms with van der Waals surface area (Å²) in [5.74, 6) is -1.65. The zero-order chi connectivity index (χ0) is 28.1. The number of amides is 3. The highest BCUT2D eigenvalue weighted by atomic mass is 16.5. The lowest BCUT2D eigenvalue weighted by atomic mass is 9.80. The van der Waals surface area contributed by atoms with Crippen molar-refractivity contribution in [3.63, 3.8) is 0 Å². The van der Waals surface area contributed by atoms with E-state index < -0.39 is 29.8 Å². The highest BCUT2D eigenvalue weighted by molar-refractivity contribution is 6.37. The molecule has 0 bridgehead atoms. The SMILES string of the molecule is CC1(C)COC(N[C@H](C(=O)N2C[C@H]3C([C@H]2C(=O)NC(CC2CCC2)C(=O)C(N)=O)C3(C)C)C2CCCCC2)=N1. The van der Waals surface area contributed by atoms with Crippen LogP contribution in [0.4, 0.5) is 0 Å². The number of Topliss-reactive ketones (excluding diaryl/α,β-unsaturated/α-hetero) is 1. The van der Waals surface area contributed by atoms with E-state index in [0.717, 1.165) is 51.4 Å². The first-order valence-corrected chi connectivity index (χ1v) is 14.8. The first-order chi connectivity index (χ1) is 18.4. The summed E-state index contributed by atoms with van der Waals surface area (Å²) in [6, 6.07) is -1.79. The predicted octanol–water partition coefficient (Wildman–Crippen LogP) is 1.90. The molecule has 39 heavy (non-hydrogen) atoms. The summed E-state index contributed by atoms with van der Waals surface area (Å²) in [6.07, 6.45) is 8.59. The summed E-state index contributed by atoms with van der Waals surface area (Å²) in [4.78, 5) is 58.9. The van der Waals surface area contributed by atoms with E-state index in [1.54, 1.807) is 4.90 Å². The molecule has 3 amide bonds. The van der Waals surface area contributed by atoms with Crippen LogP contribution in [0.1, 0.15) is 85.5 Å². The van der Waals surface area contributed by atoms with Gasteiger partial charge < -0.3 is 26.0 Å². The third-order valence-electron chi connectivity index (χ3n) is 10.1. The lowest BCUT2D eigenvalue weighted by Crippen LogP contribution is -2.59. The second-order valence-electron chi connectivity index (χ2n) is 13.7. The Bertz CT molecular complexity index is 1040. The number of aliphatic imine (C=N–C) groups is 1. The van der Waals surface area contributed by atoms with Gasteiger partial charge in [-0.05, 0) is 62.2 Å². The number of carbonyl (C=O) groups excluding carboxylic acids is 4. The molecule has 2 heterocycles. The van der Waals surface area contributed by atoms with E-state index in [1.807, 2.05) is 13.8 Å². The number of ketones is 1. The molecule has 2 aliphatic heterocycles. The Morgan fingerprint density at radius 2 is 1.74 bits per heavy atom. The topological polar surface area (TPSA) is 143 Å². The van der Waals surface area contributed by atoms with Crippen LogP contribution in [0.2, 0.25) is 0 Å². The van der Waals surface area contributed by atoms with Crippen molar-refractivity contribution < 1.29 is 23.9 Å². The molecule has 0 aromatic rings. The number of hydrogen-bond acceptors (Lipinski definition) is 7. The maximum atomic E-state index is 14.3. The molecule has 3 saturated carbocycles. The van der Waals surface area contributed by atoms with Crippen LogP contribution in [-0.4, -0.2) is 71.2 Å². The number of amidine groups is 1. The molecule has 0 aromatic carbocycles. The zero-order valence-corrected chi connectivity index (χ0v) is 23.8. The molecule has 5 aliphatic rings. The summed E-state index contributed by atoms with van der Waals surface area (Å²) >= 11 is 0. The Hall–Kier alpha value is -2.65. The average molecular weight is 544 g/mol. The summed E-state index contributed by atoms with van der Waals surface area (Å²) in [5, 5.41) is 6.20. The number of nitrogens with zero attached hydrogens (tertiary/aromatic N) is 2. The molecule has 4 N–H and O–H groups in total. The highest BCUT2D eigenvalue weighted by Gasteiger charge is 2.69. The number of likely N-dealkylation sites (tertiary alicyclic amines) is 1. The summed E-state index contributed by atoms with van der Waals surface area (Å²) in [5.41, 5.74) is 4.91. The molecule has 10 nitrogen and oxygen atoms in total. The fourth-order valence-electron chi connectivity index (χ4n) is 7.35. The number of primary amides is 1. The number of ether oxygens (including phenoxy) is 1. The molecule has 0 radical (unpaired) electrons. The second-order valence-corrected chi connectivity index (χ2v) is 13.7. The Morgan fingerprint density at radius 1 is 1.05 bits per heavy atom. The first-order valence-electron chi connectivity index (χ1n) is 14.8. The quantitative estimate of drug-likeness (QED) is 0.379.